The van der Waals surface area contributed by atoms with Crippen LogP contribution in [0.4, 0.5) is 0 Å². The largest absolute Gasteiger partial charge is 0.275 e. The number of hydrogen-bond donors (Lipinski definition) is 1. The van der Waals surface area contributed by atoms with E-state index < -0.39 is 0 Å². The zero-order valence-corrected chi connectivity index (χ0v) is 10.5. The molecular weight excluding hydrogens is 216 g/mol. The van der Waals surface area contributed by atoms with Gasteiger partial charge in [-0.05, 0) is 20.3 Å². The molecule has 0 unspecified atom stereocenters. The lowest BCUT2D eigenvalue weighted by atomic mass is 9.97. The van der Waals surface area contributed by atoms with E-state index in [1.165, 1.54) is 0 Å². The second kappa shape index (κ2) is 4.31. The monoisotopic (exact) mass is 234 g/mol. The standard InChI is InChI=1S/C12H18N4O/c1-4-5-6-12(2,3)16-10-8-13-15-11(17)9(10)7-14-16/h7-8H,4-6H2,1-3H3,(H,15,17). The van der Waals surface area contributed by atoms with Gasteiger partial charge in [0.25, 0.3) is 5.56 Å². The maximum absolute atomic E-state index is 11.6. The van der Waals surface area contributed by atoms with Crippen LogP contribution in [0.1, 0.15) is 40.0 Å². The summed E-state index contributed by atoms with van der Waals surface area (Å²) in [6, 6.07) is 0. The molecule has 0 aliphatic rings. The number of H-pyrrole nitrogens is 1. The van der Waals surface area contributed by atoms with Gasteiger partial charge in [0, 0.05) is 0 Å². The first-order chi connectivity index (χ1) is 8.06. The summed E-state index contributed by atoms with van der Waals surface area (Å²) in [5.41, 5.74) is 0.530. The van der Waals surface area contributed by atoms with E-state index in [0.717, 1.165) is 24.8 Å². The Kier molecular flexibility index (Phi) is 3.00. The minimum absolute atomic E-state index is 0.0900. The topological polar surface area (TPSA) is 63.6 Å². The van der Waals surface area contributed by atoms with Gasteiger partial charge in [0.05, 0.1) is 28.8 Å². The summed E-state index contributed by atoms with van der Waals surface area (Å²) in [7, 11) is 0. The van der Waals surface area contributed by atoms with Gasteiger partial charge < -0.3 is 0 Å². The molecule has 0 spiro atoms. The van der Waals surface area contributed by atoms with E-state index in [4.69, 9.17) is 0 Å². The van der Waals surface area contributed by atoms with Crippen LogP contribution in [0.2, 0.25) is 0 Å². The molecule has 0 saturated carbocycles. The highest BCUT2D eigenvalue weighted by Gasteiger charge is 2.23. The smallest absolute Gasteiger partial charge is 0.267 e. The first kappa shape index (κ1) is 11.8. The Bertz CT molecular complexity index is 567. The fraction of sp³-hybridized carbons (Fsp3) is 0.583. The van der Waals surface area contributed by atoms with Crippen molar-refractivity contribution < 1.29 is 0 Å². The number of rotatable bonds is 4. The fourth-order valence-corrected chi connectivity index (χ4v) is 2.07. The van der Waals surface area contributed by atoms with Crippen molar-refractivity contribution in [3.63, 3.8) is 0 Å². The highest BCUT2D eigenvalue weighted by Crippen LogP contribution is 2.25. The van der Waals surface area contributed by atoms with Gasteiger partial charge in [-0.3, -0.25) is 9.48 Å². The number of unbranched alkanes of at least 4 members (excludes halogenated alkanes) is 1. The number of nitrogens with one attached hydrogen (secondary N) is 1. The van der Waals surface area contributed by atoms with Crippen LogP contribution in [0.3, 0.4) is 0 Å². The van der Waals surface area contributed by atoms with Crippen LogP contribution in [0.5, 0.6) is 0 Å². The molecule has 17 heavy (non-hydrogen) atoms. The minimum atomic E-state index is -0.181. The van der Waals surface area contributed by atoms with Crippen LogP contribution in [0.25, 0.3) is 10.9 Å². The van der Waals surface area contributed by atoms with Crippen molar-refractivity contribution >= 4 is 10.9 Å². The van der Waals surface area contributed by atoms with Gasteiger partial charge in [0.15, 0.2) is 0 Å². The van der Waals surface area contributed by atoms with Crippen molar-refractivity contribution in [1.82, 2.24) is 20.0 Å². The molecular formula is C12H18N4O. The van der Waals surface area contributed by atoms with Crippen LogP contribution < -0.4 is 5.56 Å². The minimum Gasteiger partial charge on any atom is -0.267 e. The zero-order chi connectivity index (χ0) is 12.5. The van der Waals surface area contributed by atoms with Gasteiger partial charge in [-0.1, -0.05) is 19.8 Å². The molecule has 0 bridgehead atoms. The van der Waals surface area contributed by atoms with E-state index in [9.17, 15) is 4.79 Å². The van der Waals surface area contributed by atoms with Gasteiger partial charge in [-0.25, -0.2) is 5.10 Å². The third kappa shape index (κ3) is 2.09. The van der Waals surface area contributed by atoms with Crippen LogP contribution in [0.15, 0.2) is 17.2 Å². The molecule has 2 aromatic heterocycles. The number of fused-ring (bicyclic) bond motifs is 1. The van der Waals surface area contributed by atoms with E-state index in [1.54, 1.807) is 12.4 Å². The third-order valence-corrected chi connectivity index (χ3v) is 3.12. The maximum atomic E-state index is 11.6. The van der Waals surface area contributed by atoms with E-state index in [1.807, 2.05) is 4.68 Å². The number of aromatic amines is 1. The van der Waals surface area contributed by atoms with E-state index >= 15 is 0 Å². The summed E-state index contributed by atoms with van der Waals surface area (Å²) < 4.78 is 1.90. The molecule has 0 aliphatic heterocycles. The van der Waals surface area contributed by atoms with Gasteiger partial charge in [-0.2, -0.15) is 10.2 Å². The van der Waals surface area contributed by atoms with Gasteiger partial charge >= 0.3 is 0 Å². The van der Waals surface area contributed by atoms with E-state index in [0.29, 0.717) is 5.39 Å². The van der Waals surface area contributed by atoms with Crippen molar-refractivity contribution in [2.75, 3.05) is 0 Å². The maximum Gasteiger partial charge on any atom is 0.275 e. The summed E-state index contributed by atoms with van der Waals surface area (Å²) in [5, 5.41) is 11.2. The van der Waals surface area contributed by atoms with Crippen LogP contribution >= 0.6 is 0 Å². The molecule has 0 amide bonds. The first-order valence-corrected chi connectivity index (χ1v) is 5.98. The molecule has 92 valence electrons. The predicted molar refractivity (Wildman–Crippen MR) is 67.0 cm³/mol. The van der Waals surface area contributed by atoms with Crippen molar-refractivity contribution in [1.29, 1.82) is 0 Å². The fourth-order valence-electron chi connectivity index (χ4n) is 2.07. The second-order valence-corrected chi connectivity index (χ2v) is 4.97. The quantitative estimate of drug-likeness (QED) is 0.880. The molecule has 0 aromatic carbocycles. The van der Waals surface area contributed by atoms with Crippen molar-refractivity contribution in [2.24, 2.45) is 0 Å². The molecule has 0 atom stereocenters. The lowest BCUT2D eigenvalue weighted by Crippen LogP contribution is -2.27. The Morgan fingerprint density at radius 1 is 1.41 bits per heavy atom. The summed E-state index contributed by atoms with van der Waals surface area (Å²) in [6.45, 7) is 6.44. The molecule has 5 nitrogen and oxygen atoms in total. The average Bonchev–Trinajstić information content (AvgIpc) is 2.72. The van der Waals surface area contributed by atoms with Crippen LogP contribution in [-0.2, 0) is 5.54 Å². The molecule has 0 radical (unpaired) electrons. The van der Waals surface area contributed by atoms with Crippen molar-refractivity contribution in [3.05, 3.63) is 22.7 Å². The Balaban J connectivity index is 2.49. The predicted octanol–water partition coefficient (Wildman–Crippen LogP) is 2.04. The summed E-state index contributed by atoms with van der Waals surface area (Å²) >= 11 is 0. The summed E-state index contributed by atoms with van der Waals surface area (Å²) in [5.74, 6) is 0. The molecule has 5 heteroatoms. The second-order valence-electron chi connectivity index (χ2n) is 4.97. The Morgan fingerprint density at radius 3 is 2.88 bits per heavy atom. The van der Waals surface area contributed by atoms with Crippen molar-refractivity contribution in [3.8, 4) is 0 Å². The zero-order valence-electron chi connectivity index (χ0n) is 10.5. The Hall–Kier alpha value is -1.65. The molecule has 0 fully saturated rings. The molecule has 2 heterocycles. The number of hydrogen-bond acceptors (Lipinski definition) is 3. The first-order valence-electron chi connectivity index (χ1n) is 5.98. The average molecular weight is 234 g/mol. The lowest BCUT2D eigenvalue weighted by molar-refractivity contribution is 0.296. The van der Waals surface area contributed by atoms with Crippen LogP contribution in [0, 0.1) is 0 Å². The lowest BCUT2D eigenvalue weighted by Gasteiger charge is -2.26. The van der Waals surface area contributed by atoms with Crippen LogP contribution in [-0.4, -0.2) is 20.0 Å². The third-order valence-electron chi connectivity index (χ3n) is 3.12. The Morgan fingerprint density at radius 2 is 2.18 bits per heavy atom. The molecule has 2 rings (SSSR count). The van der Waals surface area contributed by atoms with Gasteiger partial charge in [0.1, 0.15) is 0 Å². The van der Waals surface area contributed by atoms with E-state index in [-0.39, 0.29) is 11.1 Å². The molecule has 0 aliphatic carbocycles. The normalized spacial score (nSPS) is 12.2. The summed E-state index contributed by atoms with van der Waals surface area (Å²) in [6.07, 6.45) is 6.61. The number of nitrogens with zero attached hydrogens (tertiary/aromatic N) is 3. The highest BCUT2D eigenvalue weighted by molar-refractivity contribution is 5.76. The number of aromatic nitrogens is 4. The van der Waals surface area contributed by atoms with Crippen molar-refractivity contribution in [2.45, 2.75) is 45.6 Å². The molecule has 2 aromatic rings. The SMILES string of the molecule is CCCCC(C)(C)n1ncc2c(=O)[nH]ncc21. The Labute approximate surface area is 99.8 Å². The van der Waals surface area contributed by atoms with E-state index in [2.05, 4.69) is 36.1 Å². The molecule has 0 saturated heterocycles. The highest BCUT2D eigenvalue weighted by atomic mass is 16.1. The van der Waals surface area contributed by atoms with Gasteiger partial charge in [0.2, 0.25) is 0 Å². The summed E-state index contributed by atoms with van der Waals surface area (Å²) in [4.78, 5) is 11.6. The van der Waals surface area contributed by atoms with Gasteiger partial charge in [-0.15, -0.1) is 0 Å². The molecule has 1 N–H and O–H groups in total.